The van der Waals surface area contributed by atoms with Crippen molar-refractivity contribution in [1.82, 2.24) is 16.2 Å². The van der Waals surface area contributed by atoms with Crippen molar-refractivity contribution in [2.75, 3.05) is 6.61 Å². The molecule has 0 saturated carbocycles. The number of non-ortho nitro benzene ring substituents is 1. The normalized spacial score (nSPS) is 9.97. The van der Waals surface area contributed by atoms with Crippen LogP contribution in [-0.2, 0) is 0 Å². The molecule has 2 aromatic carbocycles. The van der Waals surface area contributed by atoms with Crippen LogP contribution in [0, 0.1) is 10.1 Å². The van der Waals surface area contributed by atoms with Crippen molar-refractivity contribution in [3.05, 3.63) is 69.8 Å². The Morgan fingerprint density at radius 3 is 2.59 bits per heavy atom. The Labute approximate surface area is 172 Å². The third-order valence-corrected chi connectivity index (χ3v) is 3.93. The van der Waals surface area contributed by atoms with Gasteiger partial charge in [0.2, 0.25) is 0 Å². The molecule has 0 saturated heterocycles. The first-order chi connectivity index (χ1) is 13.9. The lowest BCUT2D eigenvalue weighted by molar-refractivity contribution is -0.384. The number of hydrogen-bond acceptors (Lipinski definition) is 6. The van der Waals surface area contributed by atoms with E-state index in [1.165, 1.54) is 18.2 Å². The van der Waals surface area contributed by atoms with Crippen molar-refractivity contribution in [2.45, 2.75) is 19.8 Å². The van der Waals surface area contributed by atoms with Gasteiger partial charge >= 0.3 is 0 Å². The van der Waals surface area contributed by atoms with Crippen LogP contribution in [-0.4, -0.2) is 28.5 Å². The van der Waals surface area contributed by atoms with E-state index in [1.54, 1.807) is 24.3 Å². The molecular weight excluding hydrogens is 396 g/mol. The summed E-state index contributed by atoms with van der Waals surface area (Å²) in [5.74, 6) is -0.709. The first kappa shape index (κ1) is 21.8. The van der Waals surface area contributed by atoms with Gasteiger partial charge in [0.05, 0.1) is 17.1 Å². The molecule has 0 fully saturated rings. The first-order valence-electron chi connectivity index (χ1n) is 8.80. The van der Waals surface area contributed by atoms with Crippen molar-refractivity contribution >= 4 is 34.8 Å². The Kier molecular flexibility index (Phi) is 8.04. The third-order valence-electron chi connectivity index (χ3n) is 3.72. The number of nitro benzene ring substituents is 1. The Morgan fingerprint density at radius 1 is 1.10 bits per heavy atom. The summed E-state index contributed by atoms with van der Waals surface area (Å²) in [5, 5.41) is 13.0. The summed E-state index contributed by atoms with van der Waals surface area (Å²) in [5.41, 5.74) is 4.96. The maximum atomic E-state index is 12.4. The van der Waals surface area contributed by atoms with Gasteiger partial charge in [0, 0.05) is 17.7 Å². The van der Waals surface area contributed by atoms with Gasteiger partial charge in [-0.1, -0.05) is 31.5 Å². The molecule has 0 bridgehead atoms. The van der Waals surface area contributed by atoms with Crippen molar-refractivity contribution in [2.24, 2.45) is 0 Å². The van der Waals surface area contributed by atoms with E-state index in [-0.39, 0.29) is 16.4 Å². The average Bonchev–Trinajstić information content (AvgIpc) is 2.72. The van der Waals surface area contributed by atoms with E-state index in [4.69, 9.17) is 17.0 Å². The topological polar surface area (TPSA) is 123 Å². The molecule has 0 aliphatic rings. The van der Waals surface area contributed by atoms with Crippen molar-refractivity contribution in [1.29, 1.82) is 0 Å². The van der Waals surface area contributed by atoms with E-state index in [9.17, 15) is 19.7 Å². The molecule has 0 aromatic heterocycles. The molecule has 0 aliphatic carbocycles. The van der Waals surface area contributed by atoms with Crippen molar-refractivity contribution < 1.29 is 19.2 Å². The van der Waals surface area contributed by atoms with Gasteiger partial charge in [-0.25, -0.2) is 0 Å². The summed E-state index contributed by atoms with van der Waals surface area (Å²) in [4.78, 5) is 34.7. The van der Waals surface area contributed by atoms with Gasteiger partial charge in [-0.3, -0.25) is 35.9 Å². The van der Waals surface area contributed by atoms with Crippen LogP contribution in [0.3, 0.4) is 0 Å². The Bertz CT molecular complexity index is 919. The number of thiocarbonyl (C=S) groups is 1. The molecule has 152 valence electrons. The number of nitrogens with one attached hydrogen (secondary N) is 3. The van der Waals surface area contributed by atoms with Crippen LogP contribution in [0.1, 0.15) is 40.5 Å². The van der Waals surface area contributed by atoms with Gasteiger partial charge in [0.25, 0.3) is 17.5 Å². The minimum atomic E-state index is -0.649. The second-order valence-electron chi connectivity index (χ2n) is 5.87. The second kappa shape index (κ2) is 10.7. The van der Waals surface area contributed by atoms with Gasteiger partial charge in [-0.15, -0.1) is 0 Å². The molecule has 0 radical (unpaired) electrons. The van der Waals surface area contributed by atoms with Gasteiger partial charge in [-0.2, -0.15) is 0 Å². The smallest absolute Gasteiger partial charge is 0.273 e. The fraction of sp³-hybridized carbons (Fsp3) is 0.211. The molecule has 2 rings (SSSR count). The number of carbonyl (C=O) groups is 2. The molecule has 2 amide bonds. The number of amides is 2. The van der Waals surface area contributed by atoms with Crippen LogP contribution < -0.4 is 20.9 Å². The molecule has 0 heterocycles. The summed E-state index contributed by atoms with van der Waals surface area (Å²) >= 11 is 4.98. The van der Waals surface area contributed by atoms with Crippen LogP contribution in [0.5, 0.6) is 5.75 Å². The molecule has 0 spiro atoms. The Hall–Kier alpha value is -3.53. The lowest BCUT2D eigenvalue weighted by atomic mass is 10.2. The van der Waals surface area contributed by atoms with Crippen LogP contribution in [0.4, 0.5) is 5.69 Å². The summed E-state index contributed by atoms with van der Waals surface area (Å²) in [6, 6.07) is 11.9. The zero-order chi connectivity index (χ0) is 21.2. The fourth-order valence-corrected chi connectivity index (χ4v) is 2.40. The quantitative estimate of drug-likeness (QED) is 0.274. The van der Waals surface area contributed by atoms with Gasteiger partial charge in [0.15, 0.2) is 5.11 Å². The molecule has 3 N–H and O–H groups in total. The van der Waals surface area contributed by atoms with E-state index in [2.05, 4.69) is 16.2 Å². The van der Waals surface area contributed by atoms with E-state index >= 15 is 0 Å². The number of hydrazine groups is 1. The highest BCUT2D eigenvalue weighted by atomic mass is 32.1. The Morgan fingerprint density at radius 2 is 1.86 bits per heavy atom. The first-order valence-corrected chi connectivity index (χ1v) is 9.21. The van der Waals surface area contributed by atoms with Gasteiger partial charge in [-0.05, 0) is 36.8 Å². The second-order valence-corrected chi connectivity index (χ2v) is 6.28. The Balaban J connectivity index is 1.92. The summed E-state index contributed by atoms with van der Waals surface area (Å²) in [7, 11) is 0. The molecule has 0 atom stereocenters. The van der Waals surface area contributed by atoms with Crippen LogP contribution >= 0.6 is 12.2 Å². The number of carbonyl (C=O) groups excluding carboxylic acids is 2. The molecule has 2 aromatic rings. The minimum Gasteiger partial charge on any atom is -0.493 e. The van der Waals surface area contributed by atoms with Crippen molar-refractivity contribution in [3.63, 3.8) is 0 Å². The molecule has 29 heavy (non-hydrogen) atoms. The maximum Gasteiger partial charge on any atom is 0.273 e. The number of ether oxygens (including phenoxy) is 1. The number of benzene rings is 2. The van der Waals surface area contributed by atoms with Gasteiger partial charge < -0.3 is 4.74 Å². The number of nitro groups is 1. The lowest BCUT2D eigenvalue weighted by Crippen LogP contribution is -2.48. The summed E-state index contributed by atoms with van der Waals surface area (Å²) in [6.07, 6.45) is 1.83. The molecule has 9 nitrogen and oxygen atoms in total. The molecule has 0 unspecified atom stereocenters. The van der Waals surface area contributed by atoms with E-state index in [0.29, 0.717) is 17.9 Å². The highest BCUT2D eigenvalue weighted by Gasteiger charge is 2.15. The summed E-state index contributed by atoms with van der Waals surface area (Å²) in [6.45, 7) is 2.53. The van der Waals surface area contributed by atoms with Crippen LogP contribution in [0.2, 0.25) is 0 Å². The number of rotatable bonds is 7. The highest BCUT2D eigenvalue weighted by molar-refractivity contribution is 7.80. The number of para-hydroxylation sites is 1. The highest BCUT2D eigenvalue weighted by Crippen LogP contribution is 2.18. The lowest BCUT2D eigenvalue weighted by Gasteiger charge is -2.13. The zero-order valence-corrected chi connectivity index (χ0v) is 16.5. The van der Waals surface area contributed by atoms with Crippen LogP contribution in [0.25, 0.3) is 0 Å². The molecular formula is C19H20N4O5S. The number of nitrogens with zero attached hydrogens (tertiary/aromatic N) is 1. The number of hydrogen-bond donors (Lipinski definition) is 3. The minimum absolute atomic E-state index is 0.0596. The molecule has 0 aliphatic heterocycles. The van der Waals surface area contributed by atoms with E-state index in [0.717, 1.165) is 18.9 Å². The predicted octanol–water partition coefficient (Wildman–Crippen LogP) is 2.72. The van der Waals surface area contributed by atoms with Crippen LogP contribution in [0.15, 0.2) is 48.5 Å². The van der Waals surface area contributed by atoms with Crippen molar-refractivity contribution in [3.8, 4) is 5.75 Å². The predicted molar refractivity (Wildman–Crippen MR) is 111 cm³/mol. The average molecular weight is 416 g/mol. The zero-order valence-electron chi connectivity index (χ0n) is 15.6. The third kappa shape index (κ3) is 6.54. The summed E-state index contributed by atoms with van der Waals surface area (Å²) < 4.78 is 5.61. The monoisotopic (exact) mass is 416 g/mol. The van der Waals surface area contributed by atoms with Gasteiger partial charge in [0.1, 0.15) is 5.75 Å². The number of unbranched alkanes of at least 4 members (excludes halogenated alkanes) is 1. The largest absolute Gasteiger partial charge is 0.493 e. The van der Waals surface area contributed by atoms with E-state index < -0.39 is 16.7 Å². The SMILES string of the molecule is CCCCOc1ccccc1C(=O)NNC(=S)NC(=O)c1cccc([N+](=O)[O-])c1. The standard InChI is InChI=1S/C19H20N4O5S/c1-2-3-11-28-16-10-5-4-9-15(16)18(25)21-22-19(29)20-17(24)13-7-6-8-14(12-13)23(26)27/h4-10,12H,2-3,11H2,1H3,(H,21,25)(H2,20,22,24,29). The molecule has 10 heteroatoms. The van der Waals surface area contributed by atoms with E-state index in [1.807, 2.05) is 6.92 Å². The maximum absolute atomic E-state index is 12.4. The fourth-order valence-electron chi connectivity index (χ4n) is 2.25.